The number of carbonyl (C=O) groups is 1. The van der Waals surface area contributed by atoms with Gasteiger partial charge in [-0.1, -0.05) is 59.7 Å². The van der Waals surface area contributed by atoms with Gasteiger partial charge >= 0.3 is 0 Å². The van der Waals surface area contributed by atoms with Gasteiger partial charge in [0.25, 0.3) is 0 Å². The summed E-state index contributed by atoms with van der Waals surface area (Å²) < 4.78 is 0. The number of hydrogen-bond acceptors (Lipinski definition) is 3. The van der Waals surface area contributed by atoms with Gasteiger partial charge in [-0.2, -0.15) is 0 Å². The van der Waals surface area contributed by atoms with Crippen molar-refractivity contribution in [3.8, 4) is 0 Å². The van der Waals surface area contributed by atoms with E-state index >= 15 is 0 Å². The second-order valence-corrected chi connectivity index (χ2v) is 6.29. The fourth-order valence-electron chi connectivity index (χ4n) is 2.74. The zero-order valence-electron chi connectivity index (χ0n) is 14.0. The lowest BCUT2D eigenvalue weighted by Crippen LogP contribution is -2.43. The van der Waals surface area contributed by atoms with Crippen molar-refractivity contribution in [1.29, 1.82) is 0 Å². The largest absolute Gasteiger partial charge is 0.336 e. The number of carbonyl (C=O) groups excluding carboxylic acids is 1. The molecule has 2 aromatic rings. The quantitative estimate of drug-likeness (QED) is 0.759. The molecule has 24 heavy (non-hydrogen) atoms. The molecule has 2 atom stereocenters. The van der Waals surface area contributed by atoms with E-state index in [4.69, 9.17) is 0 Å². The minimum Gasteiger partial charge on any atom is -0.336 e. The highest BCUT2D eigenvalue weighted by Crippen LogP contribution is 2.21. The normalized spacial score (nSPS) is 20.4. The van der Waals surface area contributed by atoms with Crippen molar-refractivity contribution in [3.05, 3.63) is 76.9 Å². The standard InChI is InChI=1S/C20H23N3O/c1-14-3-7-16(8-4-14)9-12-20(24)21-19-13-18(22-23-19)17-10-5-15(2)6-11-17/h3-12,18-19,22-23H,13H2,1-2H3,(H,21,24)/b12-9+. The van der Waals surface area contributed by atoms with Gasteiger partial charge in [0.05, 0.1) is 6.17 Å². The van der Waals surface area contributed by atoms with Gasteiger partial charge in [-0.15, -0.1) is 0 Å². The molecule has 1 aliphatic rings. The van der Waals surface area contributed by atoms with Gasteiger partial charge in [0, 0.05) is 18.5 Å². The predicted molar refractivity (Wildman–Crippen MR) is 97.0 cm³/mol. The molecule has 2 unspecified atom stereocenters. The molecule has 1 aliphatic heterocycles. The van der Waals surface area contributed by atoms with Gasteiger partial charge in [-0.3, -0.25) is 4.79 Å². The van der Waals surface area contributed by atoms with E-state index in [9.17, 15) is 4.79 Å². The van der Waals surface area contributed by atoms with Gasteiger partial charge < -0.3 is 5.32 Å². The van der Waals surface area contributed by atoms with E-state index in [0.717, 1.165) is 12.0 Å². The first-order valence-electron chi connectivity index (χ1n) is 8.23. The van der Waals surface area contributed by atoms with Crippen molar-refractivity contribution in [2.75, 3.05) is 0 Å². The molecule has 0 radical (unpaired) electrons. The first-order valence-corrected chi connectivity index (χ1v) is 8.23. The highest BCUT2D eigenvalue weighted by Gasteiger charge is 2.25. The topological polar surface area (TPSA) is 53.2 Å². The molecule has 0 bridgehead atoms. The molecule has 0 aliphatic carbocycles. The van der Waals surface area contributed by atoms with Crippen LogP contribution in [0.15, 0.2) is 54.6 Å². The van der Waals surface area contributed by atoms with Gasteiger partial charge in [0.2, 0.25) is 5.91 Å². The third-order valence-corrected chi connectivity index (χ3v) is 4.20. The summed E-state index contributed by atoms with van der Waals surface area (Å²) >= 11 is 0. The number of amides is 1. The summed E-state index contributed by atoms with van der Waals surface area (Å²) in [5.41, 5.74) is 11.1. The van der Waals surface area contributed by atoms with E-state index in [1.807, 2.05) is 37.3 Å². The number of aryl methyl sites for hydroxylation is 2. The zero-order valence-corrected chi connectivity index (χ0v) is 14.0. The number of hydrogen-bond donors (Lipinski definition) is 3. The van der Waals surface area contributed by atoms with Crippen LogP contribution in [0, 0.1) is 13.8 Å². The monoisotopic (exact) mass is 321 g/mol. The van der Waals surface area contributed by atoms with Crippen LogP contribution in [0.25, 0.3) is 6.08 Å². The Labute approximate surface area is 142 Å². The lowest BCUT2D eigenvalue weighted by Gasteiger charge is -2.10. The van der Waals surface area contributed by atoms with E-state index in [-0.39, 0.29) is 18.1 Å². The van der Waals surface area contributed by atoms with Crippen LogP contribution in [0.1, 0.15) is 34.7 Å². The van der Waals surface area contributed by atoms with E-state index < -0.39 is 0 Å². The third kappa shape index (κ3) is 4.31. The summed E-state index contributed by atoms with van der Waals surface area (Å²) in [5.74, 6) is -0.0977. The fourth-order valence-corrected chi connectivity index (χ4v) is 2.74. The van der Waals surface area contributed by atoms with Gasteiger partial charge in [0.1, 0.15) is 0 Å². The molecule has 1 saturated heterocycles. The molecule has 4 heteroatoms. The van der Waals surface area contributed by atoms with E-state index in [0.29, 0.717) is 0 Å². The van der Waals surface area contributed by atoms with E-state index in [1.54, 1.807) is 6.08 Å². The van der Waals surface area contributed by atoms with Crippen molar-refractivity contribution >= 4 is 12.0 Å². The van der Waals surface area contributed by atoms with Gasteiger partial charge in [-0.25, -0.2) is 10.9 Å². The van der Waals surface area contributed by atoms with Crippen LogP contribution < -0.4 is 16.2 Å². The molecule has 1 amide bonds. The molecular weight excluding hydrogens is 298 g/mol. The van der Waals surface area contributed by atoms with Gasteiger partial charge in [0.15, 0.2) is 0 Å². The Hall–Kier alpha value is -2.43. The SMILES string of the molecule is Cc1ccc(/C=C/C(=O)NC2CC(c3ccc(C)cc3)NN2)cc1. The van der Waals surface area contributed by atoms with Crippen molar-refractivity contribution in [2.24, 2.45) is 0 Å². The summed E-state index contributed by atoms with van der Waals surface area (Å²) in [6.45, 7) is 4.12. The number of benzene rings is 2. The Morgan fingerprint density at radius 3 is 2.29 bits per heavy atom. The predicted octanol–water partition coefficient (Wildman–Crippen LogP) is 3.00. The summed E-state index contributed by atoms with van der Waals surface area (Å²) in [4.78, 5) is 12.1. The van der Waals surface area contributed by atoms with Crippen LogP contribution in [-0.2, 0) is 4.79 Å². The molecule has 0 aromatic heterocycles. The second-order valence-electron chi connectivity index (χ2n) is 6.29. The highest BCUT2D eigenvalue weighted by molar-refractivity contribution is 5.91. The molecule has 124 valence electrons. The van der Waals surface area contributed by atoms with Crippen molar-refractivity contribution < 1.29 is 4.79 Å². The van der Waals surface area contributed by atoms with E-state index in [1.165, 1.54) is 16.7 Å². The molecule has 3 rings (SSSR count). The maximum absolute atomic E-state index is 12.1. The van der Waals surface area contributed by atoms with Crippen LogP contribution in [-0.4, -0.2) is 12.1 Å². The maximum Gasteiger partial charge on any atom is 0.245 e. The molecule has 0 spiro atoms. The molecule has 1 fully saturated rings. The van der Waals surface area contributed by atoms with Crippen molar-refractivity contribution in [1.82, 2.24) is 16.2 Å². The first kappa shape index (κ1) is 16.4. The Balaban J connectivity index is 1.52. The average molecular weight is 321 g/mol. The van der Waals surface area contributed by atoms with Crippen LogP contribution in [0.4, 0.5) is 0 Å². The first-order chi connectivity index (χ1) is 11.6. The van der Waals surface area contributed by atoms with Crippen LogP contribution in [0.3, 0.4) is 0 Å². The Bertz CT molecular complexity index is 720. The Kier molecular flexibility index (Phi) is 5.08. The fraction of sp³-hybridized carbons (Fsp3) is 0.250. The summed E-state index contributed by atoms with van der Waals surface area (Å²) in [6, 6.07) is 16.7. The smallest absolute Gasteiger partial charge is 0.245 e. The Morgan fingerprint density at radius 2 is 1.62 bits per heavy atom. The Morgan fingerprint density at radius 1 is 1.00 bits per heavy atom. The molecule has 2 aromatic carbocycles. The van der Waals surface area contributed by atoms with Crippen molar-refractivity contribution in [3.63, 3.8) is 0 Å². The molecule has 3 N–H and O–H groups in total. The molecular formula is C20H23N3O. The van der Waals surface area contributed by atoms with Crippen molar-refractivity contribution in [2.45, 2.75) is 32.5 Å². The average Bonchev–Trinajstić information content (AvgIpc) is 3.03. The lowest BCUT2D eigenvalue weighted by atomic mass is 10.0. The highest BCUT2D eigenvalue weighted by atomic mass is 16.1. The number of rotatable bonds is 4. The molecule has 4 nitrogen and oxygen atoms in total. The molecule has 0 saturated carbocycles. The van der Waals surface area contributed by atoms with Crippen LogP contribution in [0.2, 0.25) is 0 Å². The third-order valence-electron chi connectivity index (χ3n) is 4.20. The minimum absolute atomic E-state index is 0.0773. The summed E-state index contributed by atoms with van der Waals surface area (Å²) in [6.07, 6.45) is 4.14. The van der Waals surface area contributed by atoms with Crippen LogP contribution in [0.5, 0.6) is 0 Å². The van der Waals surface area contributed by atoms with E-state index in [2.05, 4.69) is 47.4 Å². The van der Waals surface area contributed by atoms with Gasteiger partial charge in [-0.05, 0) is 31.1 Å². The maximum atomic E-state index is 12.1. The van der Waals surface area contributed by atoms with Crippen LogP contribution >= 0.6 is 0 Å². The summed E-state index contributed by atoms with van der Waals surface area (Å²) in [7, 11) is 0. The lowest BCUT2D eigenvalue weighted by molar-refractivity contribution is -0.117. The second kappa shape index (κ2) is 7.43. The summed E-state index contributed by atoms with van der Waals surface area (Å²) in [5, 5.41) is 2.97. The minimum atomic E-state index is -0.0977. The molecule has 1 heterocycles. The zero-order chi connectivity index (χ0) is 16.9. The number of nitrogens with one attached hydrogen (secondary N) is 3. The number of hydrazine groups is 1.